The van der Waals surface area contributed by atoms with E-state index in [9.17, 15) is 39.6 Å². The third kappa shape index (κ3) is 56.4. The molecule has 0 spiro atoms. The summed E-state index contributed by atoms with van der Waals surface area (Å²) in [7, 11) is 0. The van der Waals surface area contributed by atoms with Crippen molar-refractivity contribution in [1.82, 2.24) is 19.6 Å². The molecule has 0 aromatic carbocycles. The summed E-state index contributed by atoms with van der Waals surface area (Å²) < 4.78 is 22.1. The van der Waals surface area contributed by atoms with Gasteiger partial charge in [-0.1, -0.05) is 310 Å². The van der Waals surface area contributed by atoms with Crippen molar-refractivity contribution >= 4 is 23.9 Å². The lowest BCUT2D eigenvalue weighted by Crippen LogP contribution is -2.48. The number of carbonyl (C=O) groups excluding carboxylic acids is 4. The van der Waals surface area contributed by atoms with Crippen molar-refractivity contribution in [2.24, 2.45) is 0 Å². The number of aliphatic hydroxyl groups is 4. The molecule has 556 valence electrons. The summed E-state index contributed by atoms with van der Waals surface area (Å²) in [5, 5.41) is 44.3. The second-order valence-electron chi connectivity index (χ2n) is 28.2. The van der Waals surface area contributed by atoms with Gasteiger partial charge in [-0.2, -0.15) is 0 Å². The van der Waals surface area contributed by atoms with Gasteiger partial charge in [0.25, 0.3) is 0 Å². The maximum Gasteiger partial charge on any atom is 0.336 e. The van der Waals surface area contributed by atoms with E-state index in [0.717, 1.165) is 116 Å². The van der Waals surface area contributed by atoms with Crippen LogP contribution in [0.25, 0.3) is 0 Å². The van der Waals surface area contributed by atoms with Crippen LogP contribution in [0.1, 0.15) is 349 Å². The first-order valence-corrected chi connectivity index (χ1v) is 40.2. The molecule has 0 aromatic heterocycles. The average molecular weight is 1340 g/mol. The van der Waals surface area contributed by atoms with Crippen LogP contribution in [0.2, 0.25) is 0 Å². The molecule has 0 radical (unpaired) electrons. The zero-order chi connectivity index (χ0) is 68.4. The number of esters is 4. The molecule has 1 rings (SSSR count). The van der Waals surface area contributed by atoms with Gasteiger partial charge in [0.05, 0.1) is 26.4 Å². The van der Waals surface area contributed by atoms with Gasteiger partial charge in [0, 0.05) is 52.4 Å². The molecular weight excluding hydrogens is 1180 g/mol. The lowest BCUT2D eigenvalue weighted by atomic mass is 10.1. The van der Waals surface area contributed by atoms with Gasteiger partial charge in [-0.15, -0.1) is 0 Å². The van der Waals surface area contributed by atoms with E-state index in [2.05, 4.69) is 37.5 Å². The number of piperazine rings is 1. The van der Waals surface area contributed by atoms with E-state index in [1.165, 1.54) is 231 Å². The smallest absolute Gasteiger partial charge is 0.336 e. The lowest BCUT2D eigenvalue weighted by Gasteiger charge is -2.35. The predicted octanol–water partition coefficient (Wildman–Crippen LogP) is 16.4. The van der Waals surface area contributed by atoms with Crippen molar-refractivity contribution in [2.45, 2.75) is 373 Å². The van der Waals surface area contributed by atoms with Gasteiger partial charge in [0.2, 0.25) is 0 Å². The van der Waals surface area contributed by atoms with Crippen molar-refractivity contribution in [3.05, 3.63) is 0 Å². The van der Waals surface area contributed by atoms with E-state index < -0.39 is 48.3 Å². The first kappa shape index (κ1) is 89.6. The number of nitrogens with zero attached hydrogens (tertiary/aromatic N) is 4. The second-order valence-corrected chi connectivity index (χ2v) is 28.2. The largest absolute Gasteiger partial charge is 0.464 e. The fourth-order valence-corrected chi connectivity index (χ4v) is 12.9. The van der Waals surface area contributed by atoms with Crippen molar-refractivity contribution in [3.63, 3.8) is 0 Å². The Morgan fingerprint density at radius 1 is 0.266 bits per heavy atom. The molecule has 1 aliphatic heterocycles. The molecule has 0 saturated carbocycles. The molecule has 4 N–H and O–H groups in total. The Labute approximate surface area is 577 Å². The summed E-state index contributed by atoms with van der Waals surface area (Å²) in [6, 6.07) is 0. The number of ether oxygens (including phenoxy) is 4. The molecule has 94 heavy (non-hydrogen) atoms. The highest BCUT2D eigenvalue weighted by Gasteiger charge is 2.28. The topological polar surface area (TPSA) is 199 Å². The second kappa shape index (κ2) is 67.7. The Kier molecular flexibility index (Phi) is 64.5. The van der Waals surface area contributed by atoms with E-state index in [0.29, 0.717) is 25.9 Å². The highest BCUT2D eigenvalue weighted by Crippen LogP contribution is 2.18. The number of hydrogen-bond donors (Lipinski definition) is 4. The number of aliphatic hydroxyl groups excluding tert-OH is 4. The molecule has 1 heterocycles. The van der Waals surface area contributed by atoms with Crippen LogP contribution < -0.4 is 0 Å². The normalized spacial score (nSPS) is 14.4. The summed E-state index contributed by atoms with van der Waals surface area (Å²) in [4.78, 5) is 60.5. The number of rotatable bonds is 72. The zero-order valence-electron chi connectivity index (χ0n) is 61.8. The molecular formula is C78H152N4O12. The quantitative estimate of drug-likeness (QED) is 0.0254. The third-order valence-electron chi connectivity index (χ3n) is 19.1. The van der Waals surface area contributed by atoms with Crippen molar-refractivity contribution in [1.29, 1.82) is 0 Å². The van der Waals surface area contributed by atoms with E-state index in [1.54, 1.807) is 9.80 Å². The van der Waals surface area contributed by atoms with Crippen molar-refractivity contribution in [3.8, 4) is 0 Å². The van der Waals surface area contributed by atoms with Crippen LogP contribution in [0, 0.1) is 0 Å². The summed E-state index contributed by atoms with van der Waals surface area (Å²) in [5.74, 6) is -2.74. The van der Waals surface area contributed by atoms with Gasteiger partial charge in [-0.05, 0) is 64.7 Å². The Balaban J connectivity index is 2.74. The van der Waals surface area contributed by atoms with Gasteiger partial charge >= 0.3 is 23.9 Å². The van der Waals surface area contributed by atoms with Gasteiger partial charge in [-0.3, -0.25) is 9.80 Å². The Hall–Kier alpha value is -2.44. The first-order valence-electron chi connectivity index (χ1n) is 40.2. The van der Waals surface area contributed by atoms with Gasteiger partial charge < -0.3 is 49.2 Å². The summed E-state index contributed by atoms with van der Waals surface area (Å²) in [6.07, 6.45) is 53.4. The summed E-state index contributed by atoms with van der Waals surface area (Å²) >= 11 is 0. The maximum absolute atomic E-state index is 13.1. The molecule has 16 heteroatoms. The molecule has 0 bridgehead atoms. The number of hydrogen-bond acceptors (Lipinski definition) is 16. The molecule has 0 amide bonds. The number of unbranched alkanes of at least 4 members (excludes halogenated alkanes) is 44. The predicted molar refractivity (Wildman–Crippen MR) is 387 cm³/mol. The highest BCUT2D eigenvalue weighted by molar-refractivity contribution is 5.76. The molecule has 1 fully saturated rings. The summed E-state index contributed by atoms with van der Waals surface area (Å²) in [5.41, 5.74) is 0. The SMILES string of the molecule is CCCCCCCCCCCCCCOC(=O)C(O)CN(CCCN1CCN(CCCN(CC(O)C(=O)OCCCCCCCCCCCCCC)CC(O)C(=O)OCCCCCCCCCCCCCC)CC1)CC(O)C(=O)OCCCCCCCCCCCCCC. The van der Waals surface area contributed by atoms with Gasteiger partial charge in [0.1, 0.15) is 0 Å². The van der Waals surface area contributed by atoms with Crippen LogP contribution in [0.5, 0.6) is 0 Å². The van der Waals surface area contributed by atoms with Crippen LogP contribution in [-0.2, 0) is 38.1 Å². The molecule has 4 unspecified atom stereocenters. The van der Waals surface area contributed by atoms with E-state index >= 15 is 0 Å². The van der Waals surface area contributed by atoms with Gasteiger partial charge in [0.15, 0.2) is 24.4 Å². The monoisotopic (exact) mass is 1340 g/mol. The fourth-order valence-electron chi connectivity index (χ4n) is 12.9. The fraction of sp³-hybridized carbons (Fsp3) is 0.949. The minimum atomic E-state index is -1.42. The third-order valence-corrected chi connectivity index (χ3v) is 19.1. The Morgan fingerprint density at radius 3 is 0.596 bits per heavy atom. The molecule has 1 saturated heterocycles. The van der Waals surface area contributed by atoms with Crippen molar-refractivity contribution in [2.75, 3.05) is 105 Å². The van der Waals surface area contributed by atoms with E-state index in [1.807, 2.05) is 0 Å². The Bertz CT molecular complexity index is 1460. The molecule has 4 atom stereocenters. The minimum absolute atomic E-state index is 0.0689. The van der Waals surface area contributed by atoms with E-state index in [-0.39, 0.29) is 52.6 Å². The number of carbonyl (C=O) groups is 4. The van der Waals surface area contributed by atoms with Crippen LogP contribution in [0.4, 0.5) is 0 Å². The molecule has 0 aliphatic carbocycles. The van der Waals surface area contributed by atoms with Crippen molar-refractivity contribution < 1.29 is 58.6 Å². The molecule has 16 nitrogen and oxygen atoms in total. The van der Waals surface area contributed by atoms with Crippen LogP contribution in [0.3, 0.4) is 0 Å². The van der Waals surface area contributed by atoms with Crippen LogP contribution in [0.15, 0.2) is 0 Å². The lowest BCUT2D eigenvalue weighted by molar-refractivity contribution is -0.158. The molecule has 0 aromatic rings. The minimum Gasteiger partial charge on any atom is -0.464 e. The summed E-state index contributed by atoms with van der Waals surface area (Å²) in [6.45, 7) is 15.4. The van der Waals surface area contributed by atoms with Crippen LogP contribution in [-0.4, -0.2) is 193 Å². The standard InChI is InChI=1S/C78H152N4O12/c1-5-9-13-17-21-25-29-33-37-41-45-49-63-91-75(87)71(83)67-81(68-72(84)76(88)92-64-50-46-42-38-34-30-26-22-18-14-10-6-2)57-53-55-79-59-61-80(62-60-79)56-54-58-82(69-73(85)77(89)93-65-51-47-43-39-35-31-27-23-19-15-11-7-3)70-74(86)78(90)94-66-52-48-44-40-36-32-28-24-20-16-12-8-4/h71-74,83-86H,5-70H2,1-4H3. The van der Waals surface area contributed by atoms with E-state index in [4.69, 9.17) is 18.9 Å². The Morgan fingerprint density at radius 2 is 0.426 bits per heavy atom. The zero-order valence-corrected chi connectivity index (χ0v) is 61.8. The van der Waals surface area contributed by atoms with Gasteiger partial charge in [-0.25, -0.2) is 19.2 Å². The molecule has 1 aliphatic rings. The first-order chi connectivity index (χ1) is 45.9. The highest BCUT2D eigenvalue weighted by atomic mass is 16.6. The maximum atomic E-state index is 13.1. The average Bonchev–Trinajstić information content (AvgIpc) is 1.93. The van der Waals surface area contributed by atoms with Crippen LogP contribution >= 0.6 is 0 Å².